The van der Waals surface area contributed by atoms with Gasteiger partial charge in [-0.2, -0.15) is 0 Å². The summed E-state index contributed by atoms with van der Waals surface area (Å²) in [6.07, 6.45) is 7.62. The Balaban J connectivity index is 1.34. The Kier molecular flexibility index (Phi) is 6.57. The lowest BCUT2D eigenvalue weighted by molar-refractivity contribution is -0.111. The monoisotopic (exact) mass is 447 g/mol. The fraction of sp³-hybridized carbons (Fsp3) is 0.0435. The fourth-order valence-electron chi connectivity index (χ4n) is 2.67. The van der Waals surface area contributed by atoms with Crippen LogP contribution in [0, 0.1) is 5.82 Å². The summed E-state index contributed by atoms with van der Waals surface area (Å²) in [7, 11) is 1.87. The van der Waals surface area contributed by atoms with Gasteiger partial charge >= 0.3 is 0 Å². The number of rotatable bonds is 7. The van der Waals surface area contributed by atoms with E-state index in [4.69, 9.17) is 4.74 Å². The van der Waals surface area contributed by atoms with Crippen molar-refractivity contribution in [2.24, 2.45) is 7.05 Å². The third-order valence-electron chi connectivity index (χ3n) is 4.25. The highest BCUT2D eigenvalue weighted by molar-refractivity contribution is 7.99. The standard InChI is InChI=1S/C23H18FN5O2S/c1-29-15-26-28-23(29)32-19-8-6-17(7-9-19)27-22(30)11-5-16-4-10-21(20(24)13-16)31-18-3-2-12-25-14-18/h2-15H,1H3,(H,27,30)/b11-5+. The van der Waals surface area contributed by atoms with Crippen molar-refractivity contribution in [1.29, 1.82) is 0 Å². The van der Waals surface area contributed by atoms with E-state index < -0.39 is 5.82 Å². The van der Waals surface area contributed by atoms with Gasteiger partial charge < -0.3 is 14.6 Å². The Hall–Kier alpha value is -3.98. The average Bonchev–Trinajstić information content (AvgIpc) is 3.20. The molecule has 4 rings (SSSR count). The molecule has 1 N–H and O–H groups in total. The number of halogens is 1. The molecule has 4 aromatic rings. The SMILES string of the molecule is Cn1cnnc1Sc1ccc(NC(=O)/C=C/c2ccc(Oc3cccnc3)c(F)c2)cc1. The van der Waals surface area contributed by atoms with Crippen LogP contribution in [0.25, 0.3) is 6.08 Å². The van der Waals surface area contributed by atoms with Gasteiger partial charge in [-0.25, -0.2) is 4.39 Å². The largest absolute Gasteiger partial charge is 0.453 e. The number of benzene rings is 2. The maximum atomic E-state index is 14.3. The first-order valence-corrected chi connectivity index (χ1v) is 10.4. The molecule has 0 aliphatic rings. The Bertz CT molecular complexity index is 1240. The van der Waals surface area contributed by atoms with Crippen LogP contribution in [0.1, 0.15) is 5.56 Å². The molecule has 9 heteroatoms. The minimum Gasteiger partial charge on any atom is -0.453 e. The maximum absolute atomic E-state index is 14.3. The first kappa shape index (κ1) is 21.3. The molecule has 1 amide bonds. The molecule has 160 valence electrons. The van der Waals surface area contributed by atoms with Crippen molar-refractivity contribution >= 4 is 29.4 Å². The maximum Gasteiger partial charge on any atom is 0.248 e. The van der Waals surface area contributed by atoms with Crippen LogP contribution in [0.2, 0.25) is 0 Å². The van der Waals surface area contributed by atoms with Gasteiger partial charge in [-0.05, 0) is 71.9 Å². The van der Waals surface area contributed by atoms with Crippen LogP contribution in [0.15, 0.2) is 89.4 Å². The topological polar surface area (TPSA) is 81.9 Å². The summed E-state index contributed by atoms with van der Waals surface area (Å²) in [5.41, 5.74) is 1.18. The first-order chi connectivity index (χ1) is 15.6. The molecule has 0 saturated carbocycles. The normalized spacial score (nSPS) is 10.9. The zero-order valence-corrected chi connectivity index (χ0v) is 17.8. The molecule has 0 bridgehead atoms. The van der Waals surface area contributed by atoms with Crippen LogP contribution < -0.4 is 10.1 Å². The predicted molar refractivity (Wildman–Crippen MR) is 120 cm³/mol. The Morgan fingerprint density at radius 1 is 1.19 bits per heavy atom. The number of aromatic nitrogens is 4. The molecular formula is C23H18FN5O2S. The summed E-state index contributed by atoms with van der Waals surface area (Å²) < 4.78 is 21.6. The average molecular weight is 447 g/mol. The molecule has 7 nitrogen and oxygen atoms in total. The van der Waals surface area contributed by atoms with Gasteiger partial charge in [0.15, 0.2) is 16.7 Å². The molecule has 0 aliphatic carbocycles. The molecular weight excluding hydrogens is 429 g/mol. The molecule has 2 aromatic heterocycles. The van der Waals surface area contributed by atoms with E-state index in [0.29, 0.717) is 17.0 Å². The van der Waals surface area contributed by atoms with Crippen molar-refractivity contribution < 1.29 is 13.9 Å². The lowest BCUT2D eigenvalue weighted by Crippen LogP contribution is -2.07. The van der Waals surface area contributed by atoms with Gasteiger partial charge in [-0.3, -0.25) is 9.78 Å². The highest BCUT2D eigenvalue weighted by Crippen LogP contribution is 2.27. The smallest absolute Gasteiger partial charge is 0.248 e. The van der Waals surface area contributed by atoms with Gasteiger partial charge in [0.2, 0.25) is 5.91 Å². The number of anilines is 1. The van der Waals surface area contributed by atoms with Crippen LogP contribution in [0.3, 0.4) is 0 Å². The van der Waals surface area contributed by atoms with Crippen molar-refractivity contribution in [2.45, 2.75) is 10.1 Å². The van der Waals surface area contributed by atoms with Gasteiger partial charge in [0, 0.05) is 29.9 Å². The number of carbonyl (C=O) groups excluding carboxylic acids is 1. The second kappa shape index (κ2) is 9.88. The number of nitrogens with one attached hydrogen (secondary N) is 1. The summed E-state index contributed by atoms with van der Waals surface area (Å²) >= 11 is 1.47. The minimum absolute atomic E-state index is 0.0823. The van der Waals surface area contributed by atoms with Gasteiger partial charge in [-0.1, -0.05) is 6.07 Å². The number of hydrogen-bond acceptors (Lipinski definition) is 6. The van der Waals surface area contributed by atoms with E-state index in [0.717, 1.165) is 10.1 Å². The number of pyridine rings is 1. The molecule has 32 heavy (non-hydrogen) atoms. The minimum atomic E-state index is -0.535. The van der Waals surface area contributed by atoms with Crippen molar-refractivity contribution in [3.8, 4) is 11.5 Å². The summed E-state index contributed by atoms with van der Waals surface area (Å²) in [6.45, 7) is 0. The quantitative estimate of drug-likeness (QED) is 0.404. The van der Waals surface area contributed by atoms with Gasteiger partial charge in [0.25, 0.3) is 0 Å². The Labute approximate surface area is 188 Å². The number of nitrogens with zero attached hydrogens (tertiary/aromatic N) is 4. The van der Waals surface area contributed by atoms with E-state index in [1.165, 1.54) is 42.2 Å². The number of aryl methyl sites for hydroxylation is 1. The lowest BCUT2D eigenvalue weighted by Gasteiger charge is -2.07. The zero-order valence-electron chi connectivity index (χ0n) is 17.0. The summed E-state index contributed by atoms with van der Waals surface area (Å²) in [5, 5.41) is 11.4. The van der Waals surface area contributed by atoms with Crippen LogP contribution >= 0.6 is 11.8 Å². The molecule has 0 unspecified atom stereocenters. The number of amides is 1. The molecule has 0 saturated heterocycles. The predicted octanol–water partition coefficient (Wildman–Crippen LogP) is 4.94. The molecule has 0 atom stereocenters. The van der Waals surface area contributed by atoms with Crippen LogP contribution in [0.4, 0.5) is 10.1 Å². The Morgan fingerprint density at radius 2 is 2.03 bits per heavy atom. The van der Waals surface area contributed by atoms with Gasteiger partial charge in [0.1, 0.15) is 12.1 Å². The molecule has 0 aliphatic heterocycles. The first-order valence-electron chi connectivity index (χ1n) is 9.55. The second-order valence-corrected chi connectivity index (χ2v) is 7.69. The highest BCUT2D eigenvalue weighted by Gasteiger charge is 2.07. The van der Waals surface area contributed by atoms with Crippen molar-refractivity contribution in [3.05, 3.63) is 90.8 Å². The summed E-state index contributed by atoms with van der Waals surface area (Å²) in [4.78, 5) is 17.1. The van der Waals surface area contributed by atoms with E-state index in [2.05, 4.69) is 20.5 Å². The second-order valence-electron chi connectivity index (χ2n) is 6.65. The molecule has 2 heterocycles. The van der Waals surface area contributed by atoms with E-state index in [-0.39, 0.29) is 11.7 Å². The van der Waals surface area contributed by atoms with Crippen LogP contribution in [0.5, 0.6) is 11.5 Å². The number of carbonyl (C=O) groups is 1. The van der Waals surface area contributed by atoms with E-state index in [1.807, 2.05) is 23.7 Å². The van der Waals surface area contributed by atoms with Crippen molar-refractivity contribution in [3.63, 3.8) is 0 Å². The third kappa shape index (κ3) is 5.58. The fourth-order valence-corrected chi connectivity index (χ4v) is 3.43. The van der Waals surface area contributed by atoms with Crippen molar-refractivity contribution in [2.75, 3.05) is 5.32 Å². The molecule has 0 spiro atoms. The Morgan fingerprint density at radius 3 is 2.72 bits per heavy atom. The molecule has 0 radical (unpaired) electrons. The lowest BCUT2D eigenvalue weighted by atomic mass is 10.2. The number of ether oxygens (including phenoxy) is 1. The summed E-state index contributed by atoms with van der Waals surface area (Å²) in [5.74, 6) is -0.337. The zero-order chi connectivity index (χ0) is 22.3. The summed E-state index contributed by atoms with van der Waals surface area (Å²) in [6, 6.07) is 15.2. The third-order valence-corrected chi connectivity index (χ3v) is 5.31. The molecule has 0 fully saturated rings. The van der Waals surface area contributed by atoms with E-state index in [9.17, 15) is 9.18 Å². The number of hydrogen-bond donors (Lipinski definition) is 1. The van der Waals surface area contributed by atoms with Crippen LogP contribution in [-0.4, -0.2) is 25.7 Å². The van der Waals surface area contributed by atoms with Crippen LogP contribution in [-0.2, 0) is 11.8 Å². The van der Waals surface area contributed by atoms with Gasteiger partial charge in [-0.15, -0.1) is 10.2 Å². The van der Waals surface area contributed by atoms with E-state index in [1.54, 1.807) is 42.9 Å². The van der Waals surface area contributed by atoms with E-state index >= 15 is 0 Å². The molecule has 2 aromatic carbocycles. The highest BCUT2D eigenvalue weighted by atomic mass is 32.2. The van der Waals surface area contributed by atoms with Crippen molar-refractivity contribution in [1.82, 2.24) is 19.7 Å². The van der Waals surface area contributed by atoms with Gasteiger partial charge in [0.05, 0.1) is 6.20 Å².